The Morgan fingerprint density at radius 1 is 1.46 bits per heavy atom. The van der Waals surface area contributed by atoms with E-state index in [1.54, 1.807) is 19.2 Å². The van der Waals surface area contributed by atoms with Crippen LogP contribution in [0, 0.1) is 0 Å². The average molecular weight is 173 g/mol. The van der Waals surface area contributed by atoms with Crippen LogP contribution in [0.15, 0.2) is 48.8 Å². The highest BCUT2D eigenvalue weighted by Gasteiger charge is 2.06. The van der Waals surface area contributed by atoms with Crippen molar-refractivity contribution in [2.75, 3.05) is 7.05 Å². The van der Waals surface area contributed by atoms with E-state index < -0.39 is 0 Å². The summed E-state index contributed by atoms with van der Waals surface area (Å²) in [5.74, 6) is -0.0586. The van der Waals surface area contributed by atoms with Gasteiger partial charge < -0.3 is 4.90 Å². The molecule has 0 saturated carbocycles. The Labute approximate surface area is 77.8 Å². The summed E-state index contributed by atoms with van der Waals surface area (Å²) in [6, 6.07) is 9.09. The summed E-state index contributed by atoms with van der Waals surface area (Å²) in [5.41, 5.74) is 3.21. The van der Waals surface area contributed by atoms with Crippen LogP contribution in [0.2, 0.25) is 0 Å². The number of hydrogen-bond acceptors (Lipinski definition) is 1. The summed E-state index contributed by atoms with van der Waals surface area (Å²) in [7, 11) is 1.67. The van der Waals surface area contributed by atoms with Crippen LogP contribution in [0.5, 0.6) is 0 Å². The third kappa shape index (κ3) is 2.32. The first-order chi connectivity index (χ1) is 6.25. The molecule has 0 unspecified atom stereocenters. The molecule has 0 atom stereocenters. The molecule has 66 valence electrons. The largest absolute Gasteiger partial charge is 0.311 e. The number of rotatable bonds is 2. The Bertz CT molecular complexity index is 336. The molecule has 0 aliphatic rings. The summed E-state index contributed by atoms with van der Waals surface area (Å²) in [6.45, 7) is 3.40. The smallest absolute Gasteiger partial charge is 0.258 e. The van der Waals surface area contributed by atoms with Gasteiger partial charge in [0, 0.05) is 18.8 Å². The molecule has 0 N–H and O–H groups in total. The zero-order chi connectivity index (χ0) is 9.68. The second-order valence-electron chi connectivity index (χ2n) is 2.62. The van der Waals surface area contributed by atoms with Crippen LogP contribution >= 0.6 is 0 Å². The second-order valence-corrected chi connectivity index (χ2v) is 2.62. The van der Waals surface area contributed by atoms with Crippen molar-refractivity contribution in [2.24, 2.45) is 0 Å². The third-order valence-electron chi connectivity index (χ3n) is 1.63. The van der Waals surface area contributed by atoms with Crippen LogP contribution in [0.3, 0.4) is 0 Å². The fourth-order valence-electron chi connectivity index (χ4n) is 0.980. The van der Waals surface area contributed by atoms with Crippen LogP contribution in [0.25, 0.3) is 0 Å². The Hall–Kier alpha value is -1.79. The van der Waals surface area contributed by atoms with E-state index in [0.717, 1.165) is 0 Å². The van der Waals surface area contributed by atoms with Crippen molar-refractivity contribution in [2.45, 2.75) is 0 Å². The van der Waals surface area contributed by atoms with E-state index in [1.165, 1.54) is 11.1 Å². The first-order valence-corrected chi connectivity index (χ1v) is 3.94. The lowest BCUT2D eigenvalue weighted by molar-refractivity contribution is 0.0850. The molecule has 1 aromatic rings. The molecule has 0 bridgehead atoms. The Kier molecular flexibility index (Phi) is 3.07. The minimum absolute atomic E-state index is 0.0586. The average Bonchev–Trinajstić information content (AvgIpc) is 2.18. The van der Waals surface area contributed by atoms with E-state index in [1.807, 2.05) is 18.2 Å². The molecule has 1 aromatic carbocycles. The van der Waals surface area contributed by atoms with Crippen molar-refractivity contribution in [3.63, 3.8) is 0 Å². The second kappa shape index (κ2) is 4.29. The minimum atomic E-state index is -0.0586. The zero-order valence-electron chi connectivity index (χ0n) is 7.53. The van der Waals surface area contributed by atoms with Crippen molar-refractivity contribution in [3.8, 4) is 0 Å². The fraction of sp³-hybridized carbons (Fsp3) is 0.0909. The number of amides is 1. The predicted molar refractivity (Wildman–Crippen MR) is 52.2 cm³/mol. The molecule has 1 rings (SSSR count). The first-order valence-electron chi connectivity index (χ1n) is 3.94. The Morgan fingerprint density at radius 3 is 2.62 bits per heavy atom. The molecule has 0 aliphatic carbocycles. The van der Waals surface area contributed by atoms with Crippen molar-refractivity contribution >= 4 is 5.91 Å². The van der Waals surface area contributed by atoms with Gasteiger partial charge in [-0.2, -0.15) is 0 Å². The van der Waals surface area contributed by atoms with Crippen LogP contribution in [0.4, 0.5) is 0 Å². The monoisotopic (exact) mass is 173 g/mol. The van der Waals surface area contributed by atoms with E-state index in [9.17, 15) is 4.79 Å². The van der Waals surface area contributed by atoms with Gasteiger partial charge in [-0.15, -0.1) is 5.73 Å². The lowest BCUT2D eigenvalue weighted by Crippen LogP contribution is -2.20. The molecule has 2 heteroatoms. The SMILES string of the molecule is C=C=CN(C)C(=O)c1ccccc1. The summed E-state index contributed by atoms with van der Waals surface area (Å²) < 4.78 is 0. The number of nitrogens with zero attached hydrogens (tertiary/aromatic N) is 1. The molecule has 0 aliphatic heterocycles. The summed E-state index contributed by atoms with van der Waals surface area (Å²) in [5, 5.41) is 0. The van der Waals surface area contributed by atoms with Crippen molar-refractivity contribution in [3.05, 3.63) is 54.4 Å². The highest BCUT2D eigenvalue weighted by molar-refractivity contribution is 5.94. The number of carbonyl (C=O) groups is 1. The third-order valence-corrected chi connectivity index (χ3v) is 1.63. The quantitative estimate of drug-likeness (QED) is 0.627. The van der Waals surface area contributed by atoms with Gasteiger partial charge in [0.1, 0.15) is 0 Å². The van der Waals surface area contributed by atoms with Gasteiger partial charge in [0.25, 0.3) is 5.91 Å². The molecule has 2 nitrogen and oxygen atoms in total. The van der Waals surface area contributed by atoms with Gasteiger partial charge in [0.2, 0.25) is 0 Å². The molecule has 1 amide bonds. The standard InChI is InChI=1S/C11H11NO/c1-3-9-12(2)11(13)10-7-5-4-6-8-10/h4-9H,1H2,2H3. The van der Waals surface area contributed by atoms with Gasteiger partial charge in [0.15, 0.2) is 0 Å². The predicted octanol–water partition coefficient (Wildman–Crippen LogP) is 2.06. The van der Waals surface area contributed by atoms with E-state index in [4.69, 9.17) is 0 Å². The van der Waals surface area contributed by atoms with Crippen LogP contribution in [-0.2, 0) is 0 Å². The lowest BCUT2D eigenvalue weighted by atomic mass is 10.2. The highest BCUT2D eigenvalue weighted by Crippen LogP contribution is 2.02. The normalized spacial score (nSPS) is 8.69. The van der Waals surface area contributed by atoms with E-state index >= 15 is 0 Å². The van der Waals surface area contributed by atoms with E-state index in [-0.39, 0.29) is 5.91 Å². The van der Waals surface area contributed by atoms with Gasteiger partial charge in [-0.1, -0.05) is 24.8 Å². The maximum absolute atomic E-state index is 11.6. The van der Waals surface area contributed by atoms with Crippen molar-refractivity contribution < 1.29 is 4.79 Å². The van der Waals surface area contributed by atoms with Gasteiger partial charge in [-0.05, 0) is 12.1 Å². The topological polar surface area (TPSA) is 20.3 Å². The van der Waals surface area contributed by atoms with Gasteiger partial charge in [-0.25, -0.2) is 0 Å². The molecule has 0 fully saturated rings. The number of hydrogen-bond donors (Lipinski definition) is 0. The molecular weight excluding hydrogens is 162 g/mol. The summed E-state index contributed by atoms with van der Waals surface area (Å²) in [4.78, 5) is 13.0. The van der Waals surface area contributed by atoms with Gasteiger partial charge in [-0.3, -0.25) is 4.79 Å². The molecule has 13 heavy (non-hydrogen) atoms. The van der Waals surface area contributed by atoms with Crippen LogP contribution in [0.1, 0.15) is 10.4 Å². The molecule has 0 spiro atoms. The molecule has 0 heterocycles. The maximum Gasteiger partial charge on any atom is 0.258 e. The van der Waals surface area contributed by atoms with E-state index in [0.29, 0.717) is 5.56 Å². The maximum atomic E-state index is 11.6. The molecule has 0 radical (unpaired) electrons. The van der Waals surface area contributed by atoms with Gasteiger partial charge >= 0.3 is 0 Å². The molecule has 0 aromatic heterocycles. The van der Waals surface area contributed by atoms with Crippen molar-refractivity contribution in [1.82, 2.24) is 4.90 Å². The molecular formula is C11H11NO. The summed E-state index contributed by atoms with van der Waals surface area (Å²) in [6.07, 6.45) is 1.51. The zero-order valence-corrected chi connectivity index (χ0v) is 7.53. The van der Waals surface area contributed by atoms with Crippen LogP contribution < -0.4 is 0 Å². The fourth-order valence-corrected chi connectivity index (χ4v) is 0.980. The minimum Gasteiger partial charge on any atom is -0.311 e. The Morgan fingerprint density at radius 2 is 2.08 bits per heavy atom. The lowest BCUT2D eigenvalue weighted by Gasteiger charge is -2.09. The van der Waals surface area contributed by atoms with Gasteiger partial charge in [0.05, 0.1) is 0 Å². The Balaban J connectivity index is 2.86. The van der Waals surface area contributed by atoms with Crippen molar-refractivity contribution in [1.29, 1.82) is 0 Å². The van der Waals surface area contributed by atoms with E-state index in [2.05, 4.69) is 12.3 Å². The summed E-state index contributed by atoms with van der Waals surface area (Å²) >= 11 is 0. The van der Waals surface area contributed by atoms with Crippen LogP contribution in [-0.4, -0.2) is 17.9 Å². The number of carbonyl (C=O) groups excluding carboxylic acids is 1. The first kappa shape index (κ1) is 9.30. The molecule has 0 saturated heterocycles. The highest BCUT2D eigenvalue weighted by atomic mass is 16.2. The number of benzene rings is 1.